The summed E-state index contributed by atoms with van der Waals surface area (Å²) in [6.07, 6.45) is 0. The SMILES string of the molecule is Cl.N/N=C(/N)NN.O. The summed E-state index contributed by atoms with van der Waals surface area (Å²) < 4.78 is 0. The molecule has 0 atom stereocenters. The zero-order valence-corrected chi connectivity index (χ0v) is 4.90. The molecule has 52 valence electrons. The van der Waals surface area contributed by atoms with Crippen LogP contribution < -0.4 is 22.8 Å². The fraction of sp³-hybridized carbons (Fsp3) is 0. The third-order valence-corrected chi connectivity index (χ3v) is 0.287. The van der Waals surface area contributed by atoms with Crippen molar-refractivity contribution in [2.75, 3.05) is 0 Å². The number of nitrogens with zero attached hydrogens (tertiary/aromatic N) is 1. The van der Waals surface area contributed by atoms with Crippen LogP contribution in [0.25, 0.3) is 0 Å². The molecule has 7 heteroatoms. The molecule has 0 amide bonds. The maximum atomic E-state index is 4.86. The van der Waals surface area contributed by atoms with Crippen molar-refractivity contribution >= 4 is 18.4 Å². The normalized spacial score (nSPS) is 8.38. The van der Waals surface area contributed by atoms with Crippen LogP contribution in [0.15, 0.2) is 5.10 Å². The van der Waals surface area contributed by atoms with Gasteiger partial charge in [0.1, 0.15) is 0 Å². The molecule has 0 aromatic carbocycles. The summed E-state index contributed by atoms with van der Waals surface area (Å²) in [4.78, 5) is 0. The molecule has 0 aliphatic carbocycles. The van der Waals surface area contributed by atoms with E-state index in [2.05, 4.69) is 10.9 Å². The number of halogens is 1. The summed E-state index contributed by atoms with van der Waals surface area (Å²) in [5, 5.41) is 2.97. The maximum absolute atomic E-state index is 4.86. The van der Waals surface area contributed by atoms with Gasteiger partial charge in [-0.2, -0.15) is 0 Å². The summed E-state index contributed by atoms with van der Waals surface area (Å²) in [7, 11) is 0. The number of hydrogen-bond donors (Lipinski definition) is 4. The molecular formula is CH10ClN5O. The van der Waals surface area contributed by atoms with E-state index in [0.717, 1.165) is 0 Å². The second-order valence-electron chi connectivity index (χ2n) is 0.659. The molecule has 0 aliphatic rings. The Bertz CT molecular complexity index is 63.4. The topological polar surface area (TPSA) is 134 Å². The number of guanidine groups is 1. The highest BCUT2D eigenvalue weighted by Crippen LogP contribution is 1.38. The molecule has 8 heavy (non-hydrogen) atoms. The molecule has 0 radical (unpaired) electrons. The van der Waals surface area contributed by atoms with Crippen LogP contribution in [0.2, 0.25) is 0 Å². The number of nitrogens with one attached hydrogen (secondary N) is 1. The first-order valence-electron chi connectivity index (χ1n) is 1.31. The zero-order chi connectivity index (χ0) is 4.99. The van der Waals surface area contributed by atoms with E-state index in [9.17, 15) is 0 Å². The van der Waals surface area contributed by atoms with Crippen LogP contribution in [0, 0.1) is 0 Å². The van der Waals surface area contributed by atoms with Crippen molar-refractivity contribution < 1.29 is 5.48 Å². The van der Waals surface area contributed by atoms with Crippen LogP contribution in [0.4, 0.5) is 0 Å². The number of rotatable bonds is 0. The second kappa shape index (κ2) is 9.56. The number of nitrogens with two attached hydrogens (primary N) is 3. The molecule has 0 aromatic rings. The minimum absolute atomic E-state index is 0. The Hall–Kier alpha value is -0.720. The molecule has 0 spiro atoms. The van der Waals surface area contributed by atoms with Crippen molar-refractivity contribution in [1.29, 1.82) is 0 Å². The van der Waals surface area contributed by atoms with Gasteiger partial charge in [-0.15, -0.1) is 17.5 Å². The number of hydrazone groups is 1. The highest BCUT2D eigenvalue weighted by Gasteiger charge is 1.73. The van der Waals surface area contributed by atoms with Crippen molar-refractivity contribution in [3.8, 4) is 0 Å². The first-order valence-corrected chi connectivity index (χ1v) is 1.31. The van der Waals surface area contributed by atoms with Crippen LogP contribution in [-0.2, 0) is 0 Å². The fourth-order valence-electron chi connectivity index (χ4n) is 0.0373. The molecule has 0 saturated heterocycles. The minimum Gasteiger partial charge on any atom is -0.412 e. The second-order valence-corrected chi connectivity index (χ2v) is 0.659. The van der Waals surface area contributed by atoms with Gasteiger partial charge in [0.15, 0.2) is 0 Å². The van der Waals surface area contributed by atoms with Gasteiger partial charge in [-0.3, -0.25) is 5.43 Å². The van der Waals surface area contributed by atoms with Gasteiger partial charge in [0.2, 0.25) is 5.96 Å². The lowest BCUT2D eigenvalue weighted by Crippen LogP contribution is -2.37. The summed E-state index contributed by atoms with van der Waals surface area (Å²) in [5.74, 6) is 9.32. The lowest BCUT2D eigenvalue weighted by atomic mass is 11.1. The van der Waals surface area contributed by atoms with E-state index < -0.39 is 0 Å². The third-order valence-electron chi connectivity index (χ3n) is 0.287. The fourth-order valence-corrected chi connectivity index (χ4v) is 0.0373. The Morgan fingerprint density at radius 3 is 1.88 bits per heavy atom. The summed E-state index contributed by atoms with van der Waals surface area (Å²) in [6.45, 7) is 0. The molecular weight excluding hydrogens is 133 g/mol. The molecule has 6 nitrogen and oxygen atoms in total. The van der Waals surface area contributed by atoms with E-state index in [1.807, 2.05) is 5.43 Å². The van der Waals surface area contributed by atoms with Gasteiger partial charge in [-0.1, -0.05) is 0 Å². The van der Waals surface area contributed by atoms with Gasteiger partial charge in [0, 0.05) is 0 Å². The molecule has 0 rings (SSSR count). The van der Waals surface area contributed by atoms with E-state index in [1.54, 1.807) is 0 Å². The minimum atomic E-state index is 0. The zero-order valence-electron chi connectivity index (χ0n) is 4.09. The van der Waals surface area contributed by atoms with Gasteiger partial charge >= 0.3 is 0 Å². The molecule has 0 bridgehead atoms. The van der Waals surface area contributed by atoms with Crippen molar-refractivity contribution in [2.45, 2.75) is 0 Å². The molecule has 0 aliphatic heterocycles. The van der Waals surface area contributed by atoms with E-state index in [1.165, 1.54) is 0 Å². The molecule has 0 unspecified atom stereocenters. The molecule has 0 saturated carbocycles. The smallest absolute Gasteiger partial charge is 0.224 e. The van der Waals surface area contributed by atoms with E-state index in [-0.39, 0.29) is 23.8 Å². The summed E-state index contributed by atoms with van der Waals surface area (Å²) >= 11 is 0. The Morgan fingerprint density at radius 2 is 1.88 bits per heavy atom. The van der Waals surface area contributed by atoms with E-state index in [4.69, 9.17) is 11.6 Å². The van der Waals surface area contributed by atoms with Crippen molar-refractivity contribution in [3.05, 3.63) is 0 Å². The Kier molecular flexibility index (Phi) is 18.7. The van der Waals surface area contributed by atoms with Crippen molar-refractivity contribution in [1.82, 2.24) is 5.43 Å². The van der Waals surface area contributed by atoms with Crippen LogP contribution >= 0.6 is 12.4 Å². The van der Waals surface area contributed by atoms with E-state index >= 15 is 0 Å². The Labute approximate surface area is 52.8 Å². The Morgan fingerprint density at radius 1 is 1.50 bits per heavy atom. The van der Waals surface area contributed by atoms with Gasteiger partial charge < -0.3 is 17.1 Å². The van der Waals surface area contributed by atoms with Gasteiger partial charge in [-0.25, -0.2) is 5.84 Å². The third kappa shape index (κ3) is 8.99. The molecule has 0 aromatic heterocycles. The molecule has 0 fully saturated rings. The van der Waals surface area contributed by atoms with Crippen molar-refractivity contribution in [2.24, 2.45) is 22.5 Å². The van der Waals surface area contributed by atoms with Gasteiger partial charge in [0.05, 0.1) is 0 Å². The van der Waals surface area contributed by atoms with Crippen LogP contribution in [0.1, 0.15) is 0 Å². The standard InChI is InChI=1S/CH7N5.ClH.H2O/c2-1(5-3)6-4;;/h3-4H2,(H3,2,5,6);1H;1H2. The highest BCUT2D eigenvalue weighted by molar-refractivity contribution is 5.85. The first-order chi connectivity index (χ1) is 2.81. The van der Waals surface area contributed by atoms with Gasteiger partial charge in [-0.05, 0) is 0 Å². The largest absolute Gasteiger partial charge is 0.412 e. The average molecular weight is 144 g/mol. The van der Waals surface area contributed by atoms with Crippen LogP contribution in [-0.4, -0.2) is 11.4 Å². The van der Waals surface area contributed by atoms with Crippen molar-refractivity contribution in [3.63, 3.8) is 0 Å². The van der Waals surface area contributed by atoms with Crippen LogP contribution in [0.5, 0.6) is 0 Å². The maximum Gasteiger partial charge on any atom is 0.224 e. The predicted molar refractivity (Wildman–Crippen MR) is 34.0 cm³/mol. The average Bonchev–Trinajstić information content (AvgIpc) is 1.65. The Balaban J connectivity index is -0.000000125. The number of hydrazine groups is 1. The predicted octanol–water partition coefficient (Wildman–Crippen LogP) is -2.76. The molecule has 0 heterocycles. The first kappa shape index (κ1) is 15.7. The quantitative estimate of drug-likeness (QED) is 0.126. The lowest BCUT2D eigenvalue weighted by Gasteiger charge is -1.89. The summed E-state index contributed by atoms with van der Waals surface area (Å²) in [5.41, 5.74) is 6.88. The lowest BCUT2D eigenvalue weighted by molar-refractivity contribution is 0.824. The van der Waals surface area contributed by atoms with E-state index in [0.29, 0.717) is 0 Å². The molecule has 9 N–H and O–H groups in total. The van der Waals surface area contributed by atoms with Gasteiger partial charge in [0.25, 0.3) is 0 Å². The van der Waals surface area contributed by atoms with Crippen LogP contribution in [0.3, 0.4) is 0 Å². The number of hydrogen-bond acceptors (Lipinski definition) is 3. The highest BCUT2D eigenvalue weighted by atomic mass is 35.5. The monoisotopic (exact) mass is 143 g/mol. The summed E-state index contributed by atoms with van der Waals surface area (Å²) in [6, 6.07) is 0.